The molecule has 1 aromatic rings. The van der Waals surface area contributed by atoms with E-state index in [9.17, 15) is 18.0 Å². The van der Waals surface area contributed by atoms with Gasteiger partial charge in [-0.05, 0) is 44.1 Å². The molecular formula is C20H24F3N3O. The predicted molar refractivity (Wildman–Crippen MR) is 98.2 cm³/mol. The predicted octanol–water partition coefficient (Wildman–Crippen LogP) is 2.70. The summed E-state index contributed by atoms with van der Waals surface area (Å²) in [6.07, 6.45) is 2.61. The number of hydrogen-bond acceptors (Lipinski definition) is 3. The number of halogens is 3. The highest BCUT2D eigenvalue weighted by Gasteiger charge is 2.32. The third-order valence-electron chi connectivity index (χ3n) is 5.38. The zero-order valence-corrected chi connectivity index (χ0v) is 15.2. The van der Waals surface area contributed by atoms with Gasteiger partial charge in [-0.2, -0.15) is 13.2 Å². The molecule has 0 aromatic heterocycles. The largest absolute Gasteiger partial charge is 0.416 e. The van der Waals surface area contributed by atoms with Crippen molar-refractivity contribution in [3.63, 3.8) is 0 Å². The lowest BCUT2D eigenvalue weighted by atomic mass is 9.95. The molecule has 2 aliphatic rings. The van der Waals surface area contributed by atoms with E-state index in [2.05, 4.69) is 10.8 Å². The molecule has 2 aliphatic heterocycles. The Morgan fingerprint density at radius 2 is 1.78 bits per heavy atom. The zero-order valence-electron chi connectivity index (χ0n) is 15.2. The van der Waals surface area contributed by atoms with Crippen LogP contribution < -0.4 is 4.90 Å². The zero-order chi connectivity index (χ0) is 19.4. The standard InChI is InChI=1S/C20H24F3N3O/c1-2-8-24-9-6-16(7-10-24)19(27)26-13-11-25(12-14-26)18-5-3-4-17(15-18)20(21,22)23/h1,3-5,15-16H,6-14H2. The number of benzene rings is 1. The van der Waals surface area contributed by atoms with E-state index >= 15 is 0 Å². The van der Waals surface area contributed by atoms with Gasteiger partial charge in [-0.1, -0.05) is 12.0 Å². The molecule has 0 saturated carbocycles. The van der Waals surface area contributed by atoms with Crippen LogP contribution in [-0.4, -0.2) is 61.5 Å². The minimum Gasteiger partial charge on any atom is -0.368 e. The second-order valence-electron chi connectivity index (χ2n) is 7.11. The molecule has 1 amide bonds. The number of nitrogens with zero attached hydrogens (tertiary/aromatic N) is 3. The quantitative estimate of drug-likeness (QED) is 0.756. The number of terminal acetylenes is 1. The highest BCUT2D eigenvalue weighted by Crippen LogP contribution is 2.32. The molecule has 0 spiro atoms. The number of hydrogen-bond donors (Lipinski definition) is 0. The highest BCUT2D eigenvalue weighted by molar-refractivity contribution is 5.79. The lowest BCUT2D eigenvalue weighted by Crippen LogP contribution is -2.51. The summed E-state index contributed by atoms with van der Waals surface area (Å²) in [6, 6.07) is 5.38. The fourth-order valence-electron chi connectivity index (χ4n) is 3.79. The Bertz CT molecular complexity index is 697. The number of likely N-dealkylation sites (tertiary alicyclic amines) is 1. The summed E-state index contributed by atoms with van der Waals surface area (Å²) in [5, 5.41) is 0. The molecule has 0 bridgehead atoms. The van der Waals surface area contributed by atoms with E-state index in [0.29, 0.717) is 38.4 Å². The SMILES string of the molecule is C#CCN1CCC(C(=O)N2CCN(c3cccc(C(F)(F)F)c3)CC2)CC1. The molecule has 1 aromatic carbocycles. The van der Waals surface area contributed by atoms with Crippen LogP contribution in [0.5, 0.6) is 0 Å². The summed E-state index contributed by atoms with van der Waals surface area (Å²) in [7, 11) is 0. The van der Waals surface area contributed by atoms with Gasteiger partial charge < -0.3 is 9.80 Å². The number of piperazine rings is 1. The Morgan fingerprint density at radius 3 is 2.37 bits per heavy atom. The smallest absolute Gasteiger partial charge is 0.368 e. The van der Waals surface area contributed by atoms with Crippen molar-refractivity contribution in [2.24, 2.45) is 5.92 Å². The summed E-state index contributed by atoms with van der Waals surface area (Å²) in [4.78, 5) is 18.7. The summed E-state index contributed by atoms with van der Waals surface area (Å²) < 4.78 is 38.7. The summed E-state index contributed by atoms with van der Waals surface area (Å²) in [5.41, 5.74) is -0.0863. The average Bonchev–Trinajstić information content (AvgIpc) is 2.68. The summed E-state index contributed by atoms with van der Waals surface area (Å²) in [5.74, 6) is 2.83. The number of amides is 1. The van der Waals surface area contributed by atoms with Crippen molar-refractivity contribution in [1.82, 2.24) is 9.80 Å². The van der Waals surface area contributed by atoms with Gasteiger partial charge in [-0.25, -0.2) is 0 Å². The minimum absolute atomic E-state index is 0.0270. The molecule has 4 nitrogen and oxygen atoms in total. The van der Waals surface area contributed by atoms with Crippen molar-refractivity contribution in [2.75, 3.05) is 50.7 Å². The van der Waals surface area contributed by atoms with Crippen LogP contribution in [0.2, 0.25) is 0 Å². The second kappa shape index (κ2) is 8.22. The number of anilines is 1. The number of alkyl halides is 3. The minimum atomic E-state index is -4.35. The van der Waals surface area contributed by atoms with Crippen molar-refractivity contribution < 1.29 is 18.0 Å². The van der Waals surface area contributed by atoms with Crippen LogP contribution in [0.3, 0.4) is 0 Å². The molecule has 0 atom stereocenters. The van der Waals surface area contributed by atoms with Crippen LogP contribution >= 0.6 is 0 Å². The van der Waals surface area contributed by atoms with Crippen LogP contribution in [0.25, 0.3) is 0 Å². The first-order valence-corrected chi connectivity index (χ1v) is 9.25. The fourth-order valence-corrected chi connectivity index (χ4v) is 3.79. The maximum Gasteiger partial charge on any atom is 0.416 e. The van der Waals surface area contributed by atoms with Crippen molar-refractivity contribution in [3.05, 3.63) is 29.8 Å². The third-order valence-corrected chi connectivity index (χ3v) is 5.38. The van der Waals surface area contributed by atoms with Crippen LogP contribution in [0.4, 0.5) is 18.9 Å². The van der Waals surface area contributed by atoms with E-state index < -0.39 is 11.7 Å². The molecule has 3 rings (SSSR count). The lowest BCUT2D eigenvalue weighted by molar-refractivity contribution is -0.138. The Hall–Kier alpha value is -2.20. The monoisotopic (exact) mass is 379 g/mol. The van der Waals surface area contributed by atoms with E-state index in [0.717, 1.165) is 32.0 Å². The number of rotatable bonds is 3. The molecule has 0 radical (unpaired) electrons. The first-order valence-electron chi connectivity index (χ1n) is 9.25. The molecule has 27 heavy (non-hydrogen) atoms. The maximum absolute atomic E-state index is 12.9. The lowest BCUT2D eigenvalue weighted by Gasteiger charge is -2.39. The van der Waals surface area contributed by atoms with Gasteiger partial charge in [0.15, 0.2) is 0 Å². The van der Waals surface area contributed by atoms with Crippen LogP contribution in [-0.2, 0) is 11.0 Å². The molecule has 2 fully saturated rings. The van der Waals surface area contributed by atoms with Gasteiger partial charge in [0, 0.05) is 37.8 Å². The molecule has 2 heterocycles. The summed E-state index contributed by atoms with van der Waals surface area (Å²) >= 11 is 0. The Morgan fingerprint density at radius 1 is 1.11 bits per heavy atom. The van der Waals surface area contributed by atoms with Crippen LogP contribution in [0.1, 0.15) is 18.4 Å². The van der Waals surface area contributed by atoms with E-state index in [1.165, 1.54) is 12.1 Å². The van der Waals surface area contributed by atoms with E-state index in [4.69, 9.17) is 6.42 Å². The van der Waals surface area contributed by atoms with E-state index in [1.54, 1.807) is 6.07 Å². The topological polar surface area (TPSA) is 26.8 Å². The fraction of sp³-hybridized carbons (Fsp3) is 0.550. The molecular weight excluding hydrogens is 355 g/mol. The van der Waals surface area contributed by atoms with Gasteiger partial charge in [0.2, 0.25) is 5.91 Å². The molecule has 146 valence electrons. The van der Waals surface area contributed by atoms with Gasteiger partial charge in [0.25, 0.3) is 0 Å². The van der Waals surface area contributed by atoms with Crippen molar-refractivity contribution in [3.8, 4) is 12.3 Å². The van der Waals surface area contributed by atoms with Gasteiger partial charge in [0.05, 0.1) is 12.1 Å². The molecule has 0 aliphatic carbocycles. The molecule has 7 heteroatoms. The van der Waals surface area contributed by atoms with Gasteiger partial charge in [-0.15, -0.1) is 6.42 Å². The summed E-state index contributed by atoms with van der Waals surface area (Å²) in [6.45, 7) is 4.47. The van der Waals surface area contributed by atoms with E-state index in [-0.39, 0.29) is 11.8 Å². The highest BCUT2D eigenvalue weighted by atomic mass is 19.4. The van der Waals surface area contributed by atoms with Crippen molar-refractivity contribution >= 4 is 11.6 Å². The third kappa shape index (κ3) is 4.75. The maximum atomic E-state index is 12.9. The first-order chi connectivity index (χ1) is 12.9. The Kier molecular flexibility index (Phi) is 5.95. The van der Waals surface area contributed by atoms with Gasteiger partial charge in [0.1, 0.15) is 0 Å². The average molecular weight is 379 g/mol. The molecule has 2 saturated heterocycles. The normalized spacial score (nSPS) is 19.8. The Balaban J connectivity index is 1.53. The molecule has 0 N–H and O–H groups in total. The second-order valence-corrected chi connectivity index (χ2v) is 7.11. The number of carbonyl (C=O) groups is 1. The van der Waals surface area contributed by atoms with Crippen molar-refractivity contribution in [2.45, 2.75) is 19.0 Å². The van der Waals surface area contributed by atoms with Crippen molar-refractivity contribution in [1.29, 1.82) is 0 Å². The van der Waals surface area contributed by atoms with Crippen LogP contribution in [0, 0.1) is 18.3 Å². The Labute approximate surface area is 157 Å². The van der Waals surface area contributed by atoms with Crippen LogP contribution in [0.15, 0.2) is 24.3 Å². The molecule has 0 unspecified atom stereocenters. The van der Waals surface area contributed by atoms with Gasteiger partial charge >= 0.3 is 6.18 Å². The first kappa shape index (κ1) is 19.6. The van der Waals surface area contributed by atoms with E-state index in [1.807, 2.05) is 9.80 Å². The number of carbonyl (C=O) groups excluding carboxylic acids is 1. The van der Waals surface area contributed by atoms with Gasteiger partial charge in [-0.3, -0.25) is 9.69 Å². The number of piperidine rings is 1.